The Balaban J connectivity index is 1.93. The van der Waals surface area contributed by atoms with Gasteiger partial charge in [0.1, 0.15) is 11.8 Å². The maximum atomic E-state index is 12.1. The molecule has 1 aromatic heterocycles. The molecule has 2 heterocycles. The van der Waals surface area contributed by atoms with E-state index < -0.39 is 12.0 Å². The lowest BCUT2D eigenvalue weighted by atomic mass is 9.91. The summed E-state index contributed by atoms with van der Waals surface area (Å²) in [7, 11) is 1.64. The summed E-state index contributed by atoms with van der Waals surface area (Å²) in [6.07, 6.45) is 2.55. The van der Waals surface area contributed by atoms with Crippen molar-refractivity contribution in [3.8, 4) is 5.75 Å². The van der Waals surface area contributed by atoms with Crippen LogP contribution >= 0.6 is 22.9 Å². The first-order valence-corrected chi connectivity index (χ1v) is 10.6. The lowest BCUT2D eigenvalue weighted by molar-refractivity contribution is -0.145. The predicted octanol–water partition coefficient (Wildman–Crippen LogP) is 5.59. The highest BCUT2D eigenvalue weighted by Crippen LogP contribution is 2.43. The maximum Gasteiger partial charge on any atom is 0.320 e. The van der Waals surface area contributed by atoms with Crippen LogP contribution in [0.1, 0.15) is 36.4 Å². The molecule has 1 aliphatic heterocycles. The quantitative estimate of drug-likeness (QED) is 0.590. The van der Waals surface area contributed by atoms with Crippen LogP contribution in [0.15, 0.2) is 47.8 Å². The van der Waals surface area contributed by atoms with Crippen LogP contribution in [-0.2, 0) is 4.79 Å². The van der Waals surface area contributed by atoms with E-state index in [4.69, 9.17) is 16.3 Å². The molecule has 1 N–H and O–H groups in total. The zero-order valence-electron chi connectivity index (χ0n) is 15.6. The molecule has 2 aromatic carbocycles. The molecular formula is C22H22ClNO3S. The Morgan fingerprint density at radius 1 is 1.25 bits per heavy atom. The van der Waals surface area contributed by atoms with Gasteiger partial charge in [-0.2, -0.15) is 0 Å². The van der Waals surface area contributed by atoms with Gasteiger partial charge in [0.2, 0.25) is 0 Å². The number of thiophene rings is 1. The topological polar surface area (TPSA) is 49.8 Å². The number of hydrogen-bond donors (Lipinski definition) is 1. The molecule has 4 nitrogen and oxygen atoms in total. The van der Waals surface area contributed by atoms with Crippen molar-refractivity contribution in [3.05, 3.63) is 64.0 Å². The lowest BCUT2D eigenvalue weighted by Gasteiger charge is -2.39. The first-order valence-electron chi connectivity index (χ1n) is 9.38. The van der Waals surface area contributed by atoms with E-state index in [-0.39, 0.29) is 6.04 Å². The molecule has 1 saturated heterocycles. The van der Waals surface area contributed by atoms with Crippen molar-refractivity contribution in [1.29, 1.82) is 0 Å². The SMILES string of the molecule is COc1ccc(Cl)cc1C(c1csc2ccccc12)N1CCCCC1C(=O)O. The minimum atomic E-state index is -0.773. The van der Waals surface area contributed by atoms with Gasteiger partial charge in [-0.05, 0) is 60.0 Å². The van der Waals surface area contributed by atoms with Gasteiger partial charge in [0.15, 0.2) is 0 Å². The molecule has 4 rings (SSSR count). The van der Waals surface area contributed by atoms with Crippen LogP contribution in [0.4, 0.5) is 0 Å². The van der Waals surface area contributed by atoms with E-state index in [0.29, 0.717) is 11.4 Å². The minimum absolute atomic E-state index is 0.230. The van der Waals surface area contributed by atoms with Gasteiger partial charge < -0.3 is 9.84 Å². The number of aliphatic carboxylic acids is 1. The van der Waals surface area contributed by atoms with E-state index in [0.717, 1.165) is 41.6 Å². The van der Waals surface area contributed by atoms with Gasteiger partial charge in [0.05, 0.1) is 13.2 Å². The summed E-state index contributed by atoms with van der Waals surface area (Å²) in [5, 5.41) is 13.8. The normalized spacial score (nSPS) is 18.9. The van der Waals surface area contributed by atoms with Crippen molar-refractivity contribution in [1.82, 2.24) is 4.90 Å². The number of ether oxygens (including phenoxy) is 1. The number of hydrogen-bond acceptors (Lipinski definition) is 4. The highest BCUT2D eigenvalue weighted by molar-refractivity contribution is 7.17. The summed E-state index contributed by atoms with van der Waals surface area (Å²) in [5.74, 6) is -0.0513. The second kappa shape index (κ2) is 8.11. The molecule has 3 aromatic rings. The number of nitrogens with zero attached hydrogens (tertiary/aromatic N) is 1. The average molecular weight is 416 g/mol. The van der Waals surface area contributed by atoms with Gasteiger partial charge in [0, 0.05) is 15.3 Å². The molecule has 1 fully saturated rings. The zero-order valence-corrected chi connectivity index (χ0v) is 17.2. The van der Waals surface area contributed by atoms with Crippen LogP contribution in [-0.4, -0.2) is 35.7 Å². The fraction of sp³-hybridized carbons (Fsp3) is 0.318. The average Bonchev–Trinajstić information content (AvgIpc) is 3.13. The van der Waals surface area contributed by atoms with E-state index in [1.807, 2.05) is 24.3 Å². The molecule has 0 saturated carbocycles. The number of fused-ring (bicyclic) bond motifs is 1. The summed E-state index contributed by atoms with van der Waals surface area (Å²) in [6.45, 7) is 0.724. The van der Waals surface area contributed by atoms with Crippen LogP contribution in [0.5, 0.6) is 5.75 Å². The molecule has 0 bridgehead atoms. The number of rotatable bonds is 5. The zero-order chi connectivity index (χ0) is 19.7. The molecule has 0 spiro atoms. The fourth-order valence-corrected chi connectivity index (χ4v) is 5.34. The van der Waals surface area contributed by atoms with Crippen LogP contribution < -0.4 is 4.74 Å². The number of piperidine rings is 1. The second-order valence-electron chi connectivity index (χ2n) is 7.06. The third-order valence-corrected chi connectivity index (χ3v) is 6.67. The number of carbonyl (C=O) groups is 1. The molecule has 1 aliphatic rings. The van der Waals surface area contributed by atoms with Gasteiger partial charge >= 0.3 is 5.97 Å². The molecule has 146 valence electrons. The summed E-state index contributed by atoms with van der Waals surface area (Å²) < 4.78 is 6.84. The number of likely N-dealkylation sites (tertiary alicyclic amines) is 1. The van der Waals surface area contributed by atoms with Crippen LogP contribution in [0, 0.1) is 0 Å². The van der Waals surface area contributed by atoms with Crippen molar-refractivity contribution < 1.29 is 14.6 Å². The number of methoxy groups -OCH3 is 1. The monoisotopic (exact) mass is 415 g/mol. The third-order valence-electron chi connectivity index (χ3n) is 5.45. The number of carboxylic acid groups (broad SMARTS) is 1. The van der Waals surface area contributed by atoms with Crippen molar-refractivity contribution in [2.24, 2.45) is 0 Å². The van der Waals surface area contributed by atoms with E-state index in [1.54, 1.807) is 24.5 Å². The van der Waals surface area contributed by atoms with Gasteiger partial charge in [-0.3, -0.25) is 9.69 Å². The Morgan fingerprint density at radius 2 is 2.07 bits per heavy atom. The van der Waals surface area contributed by atoms with Crippen LogP contribution in [0.3, 0.4) is 0 Å². The molecule has 2 unspecified atom stereocenters. The maximum absolute atomic E-state index is 12.1. The van der Waals surface area contributed by atoms with Gasteiger partial charge in [-0.25, -0.2) is 0 Å². The van der Waals surface area contributed by atoms with Gasteiger partial charge in [-0.1, -0.05) is 36.2 Å². The molecule has 0 aliphatic carbocycles. The Hall–Kier alpha value is -2.08. The molecule has 28 heavy (non-hydrogen) atoms. The minimum Gasteiger partial charge on any atom is -0.496 e. The Bertz CT molecular complexity index is 1000. The second-order valence-corrected chi connectivity index (χ2v) is 8.41. The smallest absolute Gasteiger partial charge is 0.320 e. The Labute approximate surface area is 173 Å². The lowest BCUT2D eigenvalue weighted by Crippen LogP contribution is -2.46. The molecule has 0 amide bonds. The first-order chi connectivity index (χ1) is 13.6. The van der Waals surface area contributed by atoms with E-state index >= 15 is 0 Å². The largest absolute Gasteiger partial charge is 0.496 e. The van der Waals surface area contributed by atoms with Crippen molar-refractivity contribution in [2.45, 2.75) is 31.3 Å². The van der Waals surface area contributed by atoms with E-state index in [2.05, 4.69) is 22.4 Å². The van der Waals surface area contributed by atoms with Crippen molar-refractivity contribution in [3.63, 3.8) is 0 Å². The number of halogens is 1. The van der Waals surface area contributed by atoms with Crippen LogP contribution in [0.25, 0.3) is 10.1 Å². The summed E-state index contributed by atoms with van der Waals surface area (Å²) in [5.41, 5.74) is 2.01. The molecule has 2 atom stereocenters. The van der Waals surface area contributed by atoms with E-state index in [1.165, 1.54) is 4.70 Å². The van der Waals surface area contributed by atoms with Crippen molar-refractivity contribution >= 4 is 39.0 Å². The van der Waals surface area contributed by atoms with Gasteiger partial charge in [0.25, 0.3) is 0 Å². The molecule has 0 radical (unpaired) electrons. The third kappa shape index (κ3) is 3.50. The Morgan fingerprint density at radius 3 is 2.86 bits per heavy atom. The van der Waals surface area contributed by atoms with E-state index in [9.17, 15) is 9.90 Å². The summed E-state index contributed by atoms with van der Waals surface area (Å²) in [4.78, 5) is 14.2. The van der Waals surface area contributed by atoms with Gasteiger partial charge in [-0.15, -0.1) is 11.3 Å². The molecular weight excluding hydrogens is 394 g/mol. The summed E-state index contributed by atoms with van der Waals surface area (Å²) >= 11 is 8.03. The fourth-order valence-electron chi connectivity index (χ4n) is 4.18. The standard InChI is InChI=1S/C22H22ClNO3S/c1-27-19-10-9-14(23)12-16(19)21(24-11-5-4-7-18(24)22(25)26)17-13-28-20-8-3-2-6-15(17)20/h2-3,6,8-10,12-13,18,21H,4-5,7,11H2,1H3,(H,25,26). The Kier molecular flexibility index (Phi) is 5.58. The number of carboxylic acids is 1. The predicted molar refractivity (Wildman–Crippen MR) is 114 cm³/mol. The number of benzene rings is 2. The highest BCUT2D eigenvalue weighted by atomic mass is 35.5. The van der Waals surface area contributed by atoms with Crippen LogP contribution in [0.2, 0.25) is 5.02 Å². The first kappa shape index (κ1) is 19.2. The molecule has 6 heteroatoms. The summed E-state index contributed by atoms with van der Waals surface area (Å²) in [6, 6.07) is 13.1. The highest BCUT2D eigenvalue weighted by Gasteiger charge is 2.37. The van der Waals surface area contributed by atoms with Crippen molar-refractivity contribution in [2.75, 3.05) is 13.7 Å².